The van der Waals surface area contributed by atoms with E-state index in [-0.39, 0.29) is 5.91 Å². The van der Waals surface area contributed by atoms with E-state index in [2.05, 4.69) is 16.9 Å². The van der Waals surface area contributed by atoms with Crippen LogP contribution in [0, 0.1) is 12.8 Å². The molecule has 0 radical (unpaired) electrons. The molecule has 1 aliphatic heterocycles. The number of amides is 1. The van der Waals surface area contributed by atoms with Crippen molar-refractivity contribution >= 4 is 17.2 Å². The molecule has 1 aliphatic rings. The average molecular weight is 359 g/mol. The van der Waals surface area contributed by atoms with Gasteiger partial charge in [0.25, 0.3) is 5.91 Å². The summed E-state index contributed by atoms with van der Waals surface area (Å²) < 4.78 is 0. The number of likely N-dealkylation sites (tertiary alicyclic amines) is 1. The molecule has 2 atom stereocenters. The van der Waals surface area contributed by atoms with Crippen LogP contribution in [0.15, 0.2) is 35.8 Å². The predicted octanol–water partition coefficient (Wildman–Crippen LogP) is 2.47. The van der Waals surface area contributed by atoms with Gasteiger partial charge in [0.15, 0.2) is 6.10 Å². The maximum atomic E-state index is 12.5. The number of aryl methyl sites for hydroxylation is 1. The van der Waals surface area contributed by atoms with Crippen molar-refractivity contribution in [2.45, 2.75) is 26.0 Å². The Morgan fingerprint density at radius 1 is 1.44 bits per heavy atom. The lowest BCUT2D eigenvalue weighted by Gasteiger charge is -2.22. The monoisotopic (exact) mass is 359 g/mol. The summed E-state index contributed by atoms with van der Waals surface area (Å²) in [4.78, 5) is 22.2. The van der Waals surface area contributed by atoms with Gasteiger partial charge in [0.05, 0.1) is 11.2 Å². The lowest BCUT2D eigenvalue weighted by Crippen LogP contribution is -2.34. The van der Waals surface area contributed by atoms with Gasteiger partial charge in [-0.2, -0.15) is 0 Å². The Kier molecular flexibility index (Phi) is 5.83. The van der Waals surface area contributed by atoms with Crippen LogP contribution >= 0.6 is 11.3 Å². The summed E-state index contributed by atoms with van der Waals surface area (Å²) in [6.07, 6.45) is -0.0725. The Morgan fingerprint density at radius 2 is 2.20 bits per heavy atom. The Bertz CT molecular complexity index is 704. The number of hydrogen-bond acceptors (Lipinski definition) is 5. The third-order valence-corrected chi connectivity index (χ3v) is 5.69. The van der Waals surface area contributed by atoms with Crippen LogP contribution in [-0.2, 0) is 11.3 Å². The van der Waals surface area contributed by atoms with Gasteiger partial charge < -0.3 is 14.9 Å². The van der Waals surface area contributed by atoms with Gasteiger partial charge in [-0.1, -0.05) is 30.3 Å². The minimum atomic E-state index is -1.06. The molecule has 0 spiro atoms. The number of thiazole rings is 1. The largest absolute Gasteiger partial charge is 0.378 e. The van der Waals surface area contributed by atoms with Crippen LogP contribution < -0.4 is 0 Å². The standard InChI is InChI=1S/C19H25N3O2S/c1-14-17(25-13-20-14)12-21(2)10-15-8-9-22(11-15)19(24)18(23)16-6-4-3-5-7-16/h3-7,13,15,18,23H,8-12H2,1-2H3/t15-,18+/m0/s1. The minimum Gasteiger partial charge on any atom is -0.378 e. The molecular weight excluding hydrogens is 334 g/mol. The summed E-state index contributed by atoms with van der Waals surface area (Å²) in [5.41, 5.74) is 3.65. The van der Waals surface area contributed by atoms with Gasteiger partial charge in [0, 0.05) is 31.1 Å². The van der Waals surface area contributed by atoms with E-state index in [0.717, 1.165) is 38.3 Å². The first-order valence-electron chi connectivity index (χ1n) is 8.64. The topological polar surface area (TPSA) is 56.7 Å². The molecule has 1 N–H and O–H groups in total. The Morgan fingerprint density at radius 3 is 2.88 bits per heavy atom. The number of carbonyl (C=O) groups is 1. The van der Waals surface area contributed by atoms with Crippen LogP contribution in [0.3, 0.4) is 0 Å². The van der Waals surface area contributed by atoms with Crippen molar-refractivity contribution < 1.29 is 9.90 Å². The fourth-order valence-electron chi connectivity index (χ4n) is 3.36. The molecule has 1 aromatic heterocycles. The van der Waals surface area contributed by atoms with Crippen molar-refractivity contribution in [1.82, 2.24) is 14.8 Å². The Hall–Kier alpha value is -1.76. The maximum absolute atomic E-state index is 12.5. The molecule has 1 fully saturated rings. The fourth-order valence-corrected chi connectivity index (χ4v) is 4.22. The van der Waals surface area contributed by atoms with Gasteiger partial charge in [-0.25, -0.2) is 4.98 Å². The Balaban J connectivity index is 1.51. The summed E-state index contributed by atoms with van der Waals surface area (Å²) >= 11 is 1.69. The van der Waals surface area contributed by atoms with Crippen LogP contribution in [0.4, 0.5) is 0 Å². The molecule has 6 heteroatoms. The third kappa shape index (κ3) is 4.45. The number of carbonyl (C=O) groups excluding carboxylic acids is 1. The van der Waals surface area contributed by atoms with Crippen molar-refractivity contribution in [1.29, 1.82) is 0 Å². The molecule has 0 bridgehead atoms. The summed E-state index contributed by atoms with van der Waals surface area (Å²) in [6, 6.07) is 9.15. The van der Waals surface area contributed by atoms with Crippen molar-refractivity contribution in [3.8, 4) is 0 Å². The van der Waals surface area contributed by atoms with E-state index >= 15 is 0 Å². The first-order valence-corrected chi connectivity index (χ1v) is 9.52. The predicted molar refractivity (Wildman–Crippen MR) is 99.3 cm³/mol. The van der Waals surface area contributed by atoms with Crippen LogP contribution in [-0.4, -0.2) is 52.5 Å². The van der Waals surface area contributed by atoms with E-state index in [9.17, 15) is 9.90 Å². The van der Waals surface area contributed by atoms with Gasteiger partial charge in [-0.15, -0.1) is 11.3 Å². The third-order valence-electron chi connectivity index (χ3n) is 4.78. The Labute approximate surface area is 152 Å². The molecule has 0 saturated carbocycles. The lowest BCUT2D eigenvalue weighted by atomic mass is 10.1. The van der Waals surface area contributed by atoms with Crippen molar-refractivity contribution in [3.63, 3.8) is 0 Å². The molecule has 0 unspecified atom stereocenters. The van der Waals surface area contributed by atoms with Crippen LogP contribution in [0.25, 0.3) is 0 Å². The average Bonchev–Trinajstić information content (AvgIpc) is 3.24. The zero-order valence-corrected chi connectivity index (χ0v) is 15.6. The number of hydrogen-bond donors (Lipinski definition) is 1. The van der Waals surface area contributed by atoms with E-state index in [1.54, 1.807) is 28.4 Å². The number of aliphatic hydroxyl groups excluding tert-OH is 1. The molecule has 25 heavy (non-hydrogen) atoms. The number of nitrogens with zero attached hydrogens (tertiary/aromatic N) is 3. The van der Waals surface area contributed by atoms with E-state index in [0.29, 0.717) is 11.5 Å². The van der Waals surface area contributed by atoms with E-state index in [1.807, 2.05) is 30.6 Å². The SMILES string of the molecule is Cc1ncsc1CN(C)C[C@@H]1CCN(C(=O)[C@H](O)c2ccccc2)C1. The molecule has 1 amide bonds. The number of rotatable bonds is 6. The second-order valence-corrected chi connectivity index (χ2v) is 7.75. The van der Waals surface area contributed by atoms with Crippen LogP contribution in [0.5, 0.6) is 0 Å². The summed E-state index contributed by atoms with van der Waals surface area (Å²) in [6.45, 7) is 5.33. The molecule has 0 aliphatic carbocycles. The molecule has 2 heterocycles. The van der Waals surface area contributed by atoms with Gasteiger partial charge in [0.1, 0.15) is 0 Å². The molecule has 1 saturated heterocycles. The minimum absolute atomic E-state index is 0.186. The second kappa shape index (κ2) is 8.08. The highest BCUT2D eigenvalue weighted by Crippen LogP contribution is 2.23. The number of aromatic nitrogens is 1. The molecule has 134 valence electrons. The molecule has 3 rings (SSSR count). The van der Waals surface area contributed by atoms with E-state index < -0.39 is 6.10 Å². The van der Waals surface area contributed by atoms with Gasteiger partial charge in [-0.3, -0.25) is 4.79 Å². The quantitative estimate of drug-likeness (QED) is 0.861. The molecule has 2 aromatic rings. The van der Waals surface area contributed by atoms with Crippen molar-refractivity contribution in [2.75, 3.05) is 26.7 Å². The molecule has 1 aromatic carbocycles. The van der Waals surface area contributed by atoms with Gasteiger partial charge >= 0.3 is 0 Å². The fraction of sp³-hybridized carbons (Fsp3) is 0.474. The zero-order valence-electron chi connectivity index (χ0n) is 14.8. The van der Waals surface area contributed by atoms with Gasteiger partial charge in [-0.05, 0) is 31.9 Å². The highest BCUT2D eigenvalue weighted by molar-refractivity contribution is 7.09. The van der Waals surface area contributed by atoms with Crippen molar-refractivity contribution in [3.05, 3.63) is 52.0 Å². The van der Waals surface area contributed by atoms with Crippen LogP contribution in [0.1, 0.15) is 28.7 Å². The van der Waals surface area contributed by atoms with Crippen molar-refractivity contribution in [2.24, 2.45) is 5.92 Å². The summed E-state index contributed by atoms with van der Waals surface area (Å²) in [7, 11) is 2.11. The second-order valence-electron chi connectivity index (χ2n) is 6.81. The van der Waals surface area contributed by atoms with Gasteiger partial charge in [0.2, 0.25) is 0 Å². The number of benzene rings is 1. The summed E-state index contributed by atoms with van der Waals surface area (Å²) in [5, 5.41) is 10.3. The molecular formula is C19H25N3O2S. The van der Waals surface area contributed by atoms with Crippen LogP contribution in [0.2, 0.25) is 0 Å². The maximum Gasteiger partial charge on any atom is 0.256 e. The molecule has 5 nitrogen and oxygen atoms in total. The lowest BCUT2D eigenvalue weighted by molar-refractivity contribution is -0.139. The zero-order chi connectivity index (χ0) is 17.8. The highest BCUT2D eigenvalue weighted by Gasteiger charge is 2.31. The smallest absolute Gasteiger partial charge is 0.256 e. The highest BCUT2D eigenvalue weighted by atomic mass is 32.1. The first-order chi connectivity index (χ1) is 12.0. The first kappa shape index (κ1) is 18.0. The normalized spacial score (nSPS) is 18.7. The van der Waals surface area contributed by atoms with E-state index in [4.69, 9.17) is 0 Å². The summed E-state index contributed by atoms with van der Waals surface area (Å²) in [5.74, 6) is 0.264. The van der Waals surface area contributed by atoms with E-state index in [1.165, 1.54) is 4.88 Å². The number of aliphatic hydroxyl groups is 1.